The van der Waals surface area contributed by atoms with Crippen LogP contribution >= 0.6 is 0 Å². The van der Waals surface area contributed by atoms with Crippen molar-refractivity contribution >= 4 is 5.91 Å². The van der Waals surface area contributed by atoms with E-state index < -0.39 is 0 Å². The Morgan fingerprint density at radius 1 is 1.19 bits per heavy atom. The van der Waals surface area contributed by atoms with E-state index in [0.29, 0.717) is 12.6 Å². The lowest BCUT2D eigenvalue weighted by molar-refractivity contribution is -0.129. The largest absolute Gasteiger partial charge is 0.390 e. The molecule has 92 valence electrons. The predicted octanol–water partition coefficient (Wildman–Crippen LogP) is 0.454. The molecule has 0 bridgehead atoms. The third kappa shape index (κ3) is 2.74. The Hall–Kier alpha value is -0.610. The van der Waals surface area contributed by atoms with Gasteiger partial charge in [-0.1, -0.05) is 12.8 Å². The van der Waals surface area contributed by atoms with Gasteiger partial charge in [-0.15, -0.1) is 0 Å². The summed E-state index contributed by atoms with van der Waals surface area (Å²) in [5.41, 5.74) is 0. The number of hydrogen-bond acceptors (Lipinski definition) is 3. The average Bonchev–Trinajstić information content (AvgIpc) is 2.68. The van der Waals surface area contributed by atoms with Gasteiger partial charge < -0.3 is 10.0 Å². The number of β-amino-alcohol motifs (C(OH)–C–C–N with tert-alkyl or cyclic N) is 1. The highest BCUT2D eigenvalue weighted by Crippen LogP contribution is 2.24. The fraction of sp³-hybridized carbons (Fsp3) is 0.917. The summed E-state index contributed by atoms with van der Waals surface area (Å²) >= 11 is 0. The van der Waals surface area contributed by atoms with E-state index in [4.69, 9.17) is 0 Å². The van der Waals surface area contributed by atoms with Gasteiger partial charge >= 0.3 is 0 Å². The monoisotopic (exact) mass is 226 g/mol. The van der Waals surface area contributed by atoms with Gasteiger partial charge in [0.1, 0.15) is 0 Å². The van der Waals surface area contributed by atoms with Gasteiger partial charge in [0, 0.05) is 39.1 Å². The summed E-state index contributed by atoms with van der Waals surface area (Å²) in [6, 6.07) is 0.640. The van der Waals surface area contributed by atoms with Crippen LogP contribution in [0.1, 0.15) is 32.6 Å². The minimum atomic E-state index is -0.382. The molecule has 1 N–H and O–H groups in total. The summed E-state index contributed by atoms with van der Waals surface area (Å²) in [7, 11) is 0. The van der Waals surface area contributed by atoms with Crippen molar-refractivity contribution in [3.8, 4) is 0 Å². The molecule has 0 radical (unpaired) electrons. The molecule has 1 aliphatic heterocycles. The van der Waals surface area contributed by atoms with Crippen molar-refractivity contribution in [1.82, 2.24) is 9.80 Å². The second-order valence-electron chi connectivity index (χ2n) is 5.05. The van der Waals surface area contributed by atoms with Crippen LogP contribution in [0.3, 0.4) is 0 Å². The minimum absolute atomic E-state index is 0.0762. The van der Waals surface area contributed by atoms with Gasteiger partial charge in [-0.05, 0) is 12.8 Å². The molecule has 1 aliphatic carbocycles. The molecule has 1 atom stereocenters. The van der Waals surface area contributed by atoms with Crippen molar-refractivity contribution in [2.45, 2.75) is 44.8 Å². The standard InChI is InChI=1S/C12H22N2O2/c1-10(15)13-6-7-14(9-12(16)8-13)11-4-2-3-5-11/h11-12,16H,2-9H2,1H3. The Morgan fingerprint density at radius 3 is 2.50 bits per heavy atom. The fourth-order valence-corrected chi connectivity index (χ4v) is 2.90. The van der Waals surface area contributed by atoms with Crippen molar-refractivity contribution in [1.29, 1.82) is 0 Å². The normalized spacial score (nSPS) is 29.4. The molecule has 0 spiro atoms. The summed E-state index contributed by atoms with van der Waals surface area (Å²) in [5, 5.41) is 9.90. The highest BCUT2D eigenvalue weighted by molar-refractivity contribution is 5.73. The van der Waals surface area contributed by atoms with E-state index in [1.165, 1.54) is 25.7 Å². The van der Waals surface area contributed by atoms with Crippen LogP contribution in [0.2, 0.25) is 0 Å². The Labute approximate surface area is 97.2 Å². The van der Waals surface area contributed by atoms with Crippen molar-refractivity contribution in [3.05, 3.63) is 0 Å². The van der Waals surface area contributed by atoms with Crippen LogP contribution in [0.25, 0.3) is 0 Å². The second kappa shape index (κ2) is 5.15. The zero-order valence-corrected chi connectivity index (χ0v) is 10.1. The van der Waals surface area contributed by atoms with Crippen LogP contribution < -0.4 is 0 Å². The quantitative estimate of drug-likeness (QED) is 0.706. The van der Waals surface area contributed by atoms with Crippen LogP contribution in [0.4, 0.5) is 0 Å². The van der Waals surface area contributed by atoms with E-state index in [2.05, 4.69) is 4.90 Å². The first kappa shape index (κ1) is 11.9. The Morgan fingerprint density at radius 2 is 1.88 bits per heavy atom. The summed E-state index contributed by atoms with van der Waals surface area (Å²) in [5.74, 6) is 0.0762. The van der Waals surface area contributed by atoms with E-state index >= 15 is 0 Å². The molecular weight excluding hydrogens is 204 g/mol. The lowest BCUT2D eigenvalue weighted by Gasteiger charge is -2.27. The molecule has 4 heteroatoms. The van der Waals surface area contributed by atoms with Crippen LogP contribution in [-0.2, 0) is 4.79 Å². The molecule has 4 nitrogen and oxygen atoms in total. The molecule has 1 saturated heterocycles. The van der Waals surface area contributed by atoms with Gasteiger partial charge in [0.25, 0.3) is 0 Å². The van der Waals surface area contributed by atoms with Crippen molar-refractivity contribution in [3.63, 3.8) is 0 Å². The number of aliphatic hydroxyl groups excluding tert-OH is 1. The molecule has 0 aromatic rings. The SMILES string of the molecule is CC(=O)N1CCN(C2CCCC2)CC(O)C1. The predicted molar refractivity (Wildman–Crippen MR) is 62.1 cm³/mol. The van der Waals surface area contributed by atoms with Crippen molar-refractivity contribution in [2.24, 2.45) is 0 Å². The highest BCUT2D eigenvalue weighted by atomic mass is 16.3. The summed E-state index contributed by atoms with van der Waals surface area (Å²) in [6.45, 7) is 4.50. The molecule has 16 heavy (non-hydrogen) atoms. The lowest BCUT2D eigenvalue weighted by Crippen LogP contribution is -2.39. The number of amides is 1. The molecule has 1 heterocycles. The van der Waals surface area contributed by atoms with Crippen LogP contribution in [0.5, 0.6) is 0 Å². The molecule has 1 amide bonds. The molecule has 2 aliphatic rings. The Bertz CT molecular complexity index is 251. The van der Waals surface area contributed by atoms with Crippen LogP contribution in [0, 0.1) is 0 Å². The third-order valence-electron chi connectivity index (χ3n) is 3.82. The number of aliphatic hydroxyl groups is 1. The molecule has 2 fully saturated rings. The van der Waals surface area contributed by atoms with Gasteiger partial charge in [-0.2, -0.15) is 0 Å². The Kier molecular flexibility index (Phi) is 3.82. The first-order valence-electron chi connectivity index (χ1n) is 6.34. The summed E-state index contributed by atoms with van der Waals surface area (Å²) < 4.78 is 0. The highest BCUT2D eigenvalue weighted by Gasteiger charge is 2.28. The topological polar surface area (TPSA) is 43.8 Å². The van der Waals surface area contributed by atoms with Crippen LogP contribution in [0.15, 0.2) is 0 Å². The maximum Gasteiger partial charge on any atom is 0.219 e. The number of carbonyl (C=O) groups is 1. The van der Waals surface area contributed by atoms with Gasteiger partial charge in [0.05, 0.1) is 6.10 Å². The van der Waals surface area contributed by atoms with Crippen LogP contribution in [-0.4, -0.2) is 59.1 Å². The summed E-state index contributed by atoms with van der Waals surface area (Å²) in [6.07, 6.45) is 4.76. The number of carbonyl (C=O) groups excluding carboxylic acids is 1. The number of hydrogen-bond donors (Lipinski definition) is 1. The average molecular weight is 226 g/mol. The maximum absolute atomic E-state index is 11.3. The van der Waals surface area contributed by atoms with E-state index in [-0.39, 0.29) is 12.0 Å². The number of nitrogens with zero attached hydrogens (tertiary/aromatic N) is 2. The van der Waals surface area contributed by atoms with E-state index in [1.54, 1.807) is 11.8 Å². The minimum Gasteiger partial charge on any atom is -0.390 e. The molecule has 0 aromatic carbocycles. The first-order chi connectivity index (χ1) is 7.66. The van der Waals surface area contributed by atoms with Gasteiger partial charge in [-0.3, -0.25) is 9.69 Å². The van der Waals surface area contributed by atoms with Gasteiger partial charge in [-0.25, -0.2) is 0 Å². The van der Waals surface area contributed by atoms with Gasteiger partial charge in [0.2, 0.25) is 5.91 Å². The molecule has 2 rings (SSSR count). The van der Waals surface area contributed by atoms with E-state index in [0.717, 1.165) is 19.6 Å². The molecule has 0 aromatic heterocycles. The third-order valence-corrected chi connectivity index (χ3v) is 3.82. The summed E-state index contributed by atoms with van der Waals surface area (Å²) in [4.78, 5) is 15.5. The smallest absolute Gasteiger partial charge is 0.219 e. The number of rotatable bonds is 1. The zero-order chi connectivity index (χ0) is 11.5. The molecule has 1 unspecified atom stereocenters. The fourth-order valence-electron chi connectivity index (χ4n) is 2.90. The lowest BCUT2D eigenvalue weighted by atomic mass is 10.2. The molecular formula is C12H22N2O2. The van der Waals surface area contributed by atoms with Crippen molar-refractivity contribution in [2.75, 3.05) is 26.2 Å². The molecule has 1 saturated carbocycles. The van der Waals surface area contributed by atoms with Crippen molar-refractivity contribution < 1.29 is 9.90 Å². The Balaban J connectivity index is 1.94. The van der Waals surface area contributed by atoms with Gasteiger partial charge in [0.15, 0.2) is 0 Å². The zero-order valence-electron chi connectivity index (χ0n) is 10.1. The van der Waals surface area contributed by atoms with E-state index in [1.807, 2.05) is 0 Å². The first-order valence-corrected chi connectivity index (χ1v) is 6.34. The second-order valence-corrected chi connectivity index (χ2v) is 5.05. The van der Waals surface area contributed by atoms with E-state index in [9.17, 15) is 9.90 Å². The maximum atomic E-state index is 11.3.